The fraction of sp³-hybridized carbons (Fsp3) is 0.250. The van der Waals surface area contributed by atoms with E-state index in [0.717, 1.165) is 26.1 Å². The SMILES string of the molecule is Cc1nn(C)c(COc2cccc(N)c2Br)c1Br. The lowest BCUT2D eigenvalue weighted by atomic mass is 10.3. The van der Waals surface area contributed by atoms with Crippen molar-refractivity contribution < 1.29 is 4.74 Å². The molecule has 0 unspecified atom stereocenters. The maximum absolute atomic E-state index is 5.80. The molecule has 0 saturated heterocycles. The zero-order valence-electron chi connectivity index (χ0n) is 10.1. The molecule has 0 spiro atoms. The van der Waals surface area contributed by atoms with Gasteiger partial charge in [0.25, 0.3) is 0 Å². The van der Waals surface area contributed by atoms with E-state index in [-0.39, 0.29) is 0 Å². The molecule has 96 valence electrons. The highest BCUT2D eigenvalue weighted by molar-refractivity contribution is 9.11. The van der Waals surface area contributed by atoms with Crippen LogP contribution >= 0.6 is 31.9 Å². The summed E-state index contributed by atoms with van der Waals surface area (Å²) < 4.78 is 9.32. The molecule has 0 saturated carbocycles. The average Bonchev–Trinajstić information content (AvgIpc) is 2.56. The van der Waals surface area contributed by atoms with Gasteiger partial charge in [-0.1, -0.05) is 6.07 Å². The van der Waals surface area contributed by atoms with Gasteiger partial charge in [0, 0.05) is 12.7 Å². The number of nitrogens with two attached hydrogens (primary N) is 1. The Hall–Kier alpha value is -1.01. The lowest BCUT2D eigenvalue weighted by molar-refractivity contribution is 0.292. The van der Waals surface area contributed by atoms with Gasteiger partial charge in [-0.2, -0.15) is 5.10 Å². The summed E-state index contributed by atoms with van der Waals surface area (Å²) in [7, 11) is 1.89. The fourth-order valence-electron chi connectivity index (χ4n) is 1.62. The second-order valence-corrected chi connectivity index (χ2v) is 5.50. The number of hydrogen-bond acceptors (Lipinski definition) is 3. The van der Waals surface area contributed by atoms with Crippen molar-refractivity contribution in [3.8, 4) is 5.75 Å². The van der Waals surface area contributed by atoms with Crippen LogP contribution in [0.2, 0.25) is 0 Å². The minimum absolute atomic E-state index is 0.431. The number of benzene rings is 1. The van der Waals surface area contributed by atoms with Gasteiger partial charge in [0.2, 0.25) is 0 Å². The Labute approximate surface area is 122 Å². The standard InChI is InChI=1S/C12H13Br2N3O/c1-7-11(13)9(17(2)16-7)6-18-10-5-3-4-8(15)12(10)14/h3-5H,6,15H2,1-2H3. The second-order valence-electron chi connectivity index (χ2n) is 3.92. The summed E-state index contributed by atoms with van der Waals surface area (Å²) in [5.41, 5.74) is 8.39. The molecule has 2 N–H and O–H groups in total. The summed E-state index contributed by atoms with van der Waals surface area (Å²) in [4.78, 5) is 0. The van der Waals surface area contributed by atoms with E-state index in [1.165, 1.54) is 0 Å². The van der Waals surface area contributed by atoms with Gasteiger partial charge in [0.15, 0.2) is 0 Å². The molecule has 1 aromatic carbocycles. The van der Waals surface area contributed by atoms with E-state index in [1.807, 2.05) is 32.2 Å². The van der Waals surface area contributed by atoms with Crippen LogP contribution in [0, 0.1) is 6.92 Å². The van der Waals surface area contributed by atoms with E-state index < -0.39 is 0 Å². The summed E-state index contributed by atoms with van der Waals surface area (Å²) in [5, 5.41) is 4.32. The third kappa shape index (κ3) is 2.54. The van der Waals surface area contributed by atoms with Crippen LogP contribution in [-0.4, -0.2) is 9.78 Å². The van der Waals surface area contributed by atoms with Crippen molar-refractivity contribution in [3.63, 3.8) is 0 Å². The second kappa shape index (κ2) is 5.32. The first-order chi connectivity index (χ1) is 8.50. The molecule has 0 fully saturated rings. The third-order valence-corrected chi connectivity index (χ3v) is 4.50. The maximum atomic E-state index is 5.80. The minimum atomic E-state index is 0.431. The van der Waals surface area contributed by atoms with Crippen LogP contribution in [0.15, 0.2) is 27.1 Å². The zero-order chi connectivity index (χ0) is 13.3. The molecule has 1 aromatic heterocycles. The normalized spacial score (nSPS) is 10.7. The molecule has 0 aliphatic carbocycles. The number of anilines is 1. The van der Waals surface area contributed by atoms with Crippen LogP contribution in [0.25, 0.3) is 0 Å². The highest BCUT2D eigenvalue weighted by Gasteiger charge is 2.12. The zero-order valence-corrected chi connectivity index (χ0v) is 13.2. The van der Waals surface area contributed by atoms with Gasteiger partial charge >= 0.3 is 0 Å². The lowest BCUT2D eigenvalue weighted by Gasteiger charge is -2.10. The van der Waals surface area contributed by atoms with Crippen molar-refractivity contribution in [3.05, 3.63) is 38.5 Å². The Balaban J connectivity index is 2.19. The molecule has 1 heterocycles. The van der Waals surface area contributed by atoms with E-state index in [0.29, 0.717) is 12.3 Å². The monoisotopic (exact) mass is 373 g/mol. The molecule has 0 radical (unpaired) electrons. The van der Waals surface area contributed by atoms with Crippen molar-refractivity contribution in [2.45, 2.75) is 13.5 Å². The van der Waals surface area contributed by atoms with Crippen molar-refractivity contribution >= 4 is 37.5 Å². The minimum Gasteiger partial charge on any atom is -0.486 e. The first kappa shape index (κ1) is 13.4. The molecular formula is C12H13Br2N3O. The Kier molecular flexibility index (Phi) is 3.97. The number of hydrogen-bond donors (Lipinski definition) is 1. The largest absolute Gasteiger partial charge is 0.486 e. The van der Waals surface area contributed by atoms with E-state index >= 15 is 0 Å². The van der Waals surface area contributed by atoms with E-state index in [1.54, 1.807) is 4.68 Å². The third-order valence-electron chi connectivity index (χ3n) is 2.62. The van der Waals surface area contributed by atoms with E-state index in [2.05, 4.69) is 37.0 Å². The number of nitrogen functional groups attached to an aromatic ring is 1. The number of nitrogens with zero attached hydrogens (tertiary/aromatic N) is 2. The number of aromatic nitrogens is 2. The molecule has 0 aliphatic rings. The first-order valence-corrected chi connectivity index (χ1v) is 6.94. The molecule has 0 aliphatic heterocycles. The van der Waals surface area contributed by atoms with Crippen LogP contribution < -0.4 is 10.5 Å². The van der Waals surface area contributed by atoms with Crippen molar-refractivity contribution in [2.75, 3.05) is 5.73 Å². The van der Waals surface area contributed by atoms with Crippen LogP contribution in [0.5, 0.6) is 5.75 Å². The first-order valence-electron chi connectivity index (χ1n) is 5.35. The number of ether oxygens (including phenoxy) is 1. The van der Waals surface area contributed by atoms with Crippen molar-refractivity contribution in [1.29, 1.82) is 0 Å². The highest BCUT2D eigenvalue weighted by atomic mass is 79.9. The van der Waals surface area contributed by atoms with Crippen LogP contribution in [-0.2, 0) is 13.7 Å². The Morgan fingerprint density at radius 3 is 2.67 bits per heavy atom. The van der Waals surface area contributed by atoms with Crippen molar-refractivity contribution in [1.82, 2.24) is 9.78 Å². The van der Waals surface area contributed by atoms with Gasteiger partial charge in [-0.3, -0.25) is 4.68 Å². The molecule has 0 atom stereocenters. The van der Waals surface area contributed by atoms with Gasteiger partial charge < -0.3 is 10.5 Å². The Morgan fingerprint density at radius 2 is 2.06 bits per heavy atom. The smallest absolute Gasteiger partial charge is 0.136 e. The summed E-state index contributed by atoms with van der Waals surface area (Å²) in [5.74, 6) is 0.723. The summed E-state index contributed by atoms with van der Waals surface area (Å²) >= 11 is 6.92. The van der Waals surface area contributed by atoms with Gasteiger partial charge in [-0.25, -0.2) is 0 Å². The highest BCUT2D eigenvalue weighted by Crippen LogP contribution is 2.31. The van der Waals surface area contributed by atoms with Gasteiger partial charge in [0.05, 0.1) is 20.3 Å². The molecule has 0 bridgehead atoms. The predicted octanol–water partition coefficient (Wildman–Crippen LogP) is 3.41. The average molecular weight is 375 g/mol. The van der Waals surface area contributed by atoms with Crippen LogP contribution in [0.4, 0.5) is 5.69 Å². The summed E-state index contributed by atoms with van der Waals surface area (Å²) in [6.07, 6.45) is 0. The molecule has 0 amide bonds. The van der Waals surface area contributed by atoms with E-state index in [4.69, 9.17) is 10.5 Å². The molecular weight excluding hydrogens is 362 g/mol. The molecule has 4 nitrogen and oxygen atoms in total. The van der Waals surface area contributed by atoms with Crippen LogP contribution in [0.1, 0.15) is 11.4 Å². The summed E-state index contributed by atoms with van der Waals surface area (Å²) in [6.45, 7) is 2.38. The molecule has 2 rings (SSSR count). The Bertz CT molecular complexity index is 581. The maximum Gasteiger partial charge on any atom is 0.136 e. The van der Waals surface area contributed by atoms with Crippen molar-refractivity contribution in [2.24, 2.45) is 7.05 Å². The topological polar surface area (TPSA) is 53.1 Å². The van der Waals surface area contributed by atoms with Gasteiger partial charge in [-0.15, -0.1) is 0 Å². The fourth-order valence-corrected chi connectivity index (χ4v) is 2.45. The predicted molar refractivity (Wildman–Crippen MR) is 78.5 cm³/mol. The van der Waals surface area contributed by atoms with Gasteiger partial charge in [0.1, 0.15) is 12.4 Å². The molecule has 18 heavy (non-hydrogen) atoms. The van der Waals surface area contributed by atoms with E-state index in [9.17, 15) is 0 Å². The van der Waals surface area contributed by atoms with Gasteiger partial charge in [-0.05, 0) is 50.9 Å². The lowest BCUT2D eigenvalue weighted by Crippen LogP contribution is -2.04. The quantitative estimate of drug-likeness (QED) is 0.837. The molecule has 2 aromatic rings. The number of halogens is 2. The number of aryl methyl sites for hydroxylation is 2. The molecule has 6 heteroatoms. The number of rotatable bonds is 3. The Morgan fingerprint density at radius 1 is 1.33 bits per heavy atom. The van der Waals surface area contributed by atoms with Crippen LogP contribution in [0.3, 0.4) is 0 Å². The summed E-state index contributed by atoms with van der Waals surface area (Å²) in [6, 6.07) is 5.55.